The maximum absolute atomic E-state index is 12.3. The Bertz CT molecular complexity index is 242. The van der Waals surface area contributed by atoms with Crippen molar-refractivity contribution in [2.45, 2.75) is 37.8 Å². The lowest BCUT2D eigenvalue weighted by atomic mass is 9.99. The van der Waals surface area contributed by atoms with Crippen molar-refractivity contribution in [1.29, 1.82) is 0 Å². The van der Waals surface area contributed by atoms with Gasteiger partial charge in [-0.1, -0.05) is 0 Å². The molecule has 2 N–H and O–H groups in total. The first-order chi connectivity index (χ1) is 7.83. The molecule has 0 spiro atoms. The van der Waals surface area contributed by atoms with Crippen LogP contribution in [-0.2, 0) is 4.79 Å². The fourth-order valence-electron chi connectivity index (χ4n) is 2.49. The lowest BCUT2D eigenvalue weighted by molar-refractivity contribution is -0.136. The Labute approximate surface area is 101 Å². The topological polar surface area (TPSA) is 52.6 Å². The molecule has 16 heavy (non-hydrogen) atoms. The Morgan fingerprint density at radius 1 is 1.50 bits per heavy atom. The number of amides is 1. The van der Waals surface area contributed by atoms with Crippen molar-refractivity contribution in [1.82, 2.24) is 10.2 Å². The fraction of sp³-hybridized carbons (Fsp3) is 0.909. The van der Waals surface area contributed by atoms with Crippen LogP contribution in [0.25, 0.3) is 0 Å². The zero-order valence-electron chi connectivity index (χ0n) is 9.52. The number of likely N-dealkylation sites (tertiary alicyclic amines) is 1. The van der Waals surface area contributed by atoms with Gasteiger partial charge in [-0.3, -0.25) is 10.1 Å². The number of rotatable bonds is 3. The Kier molecular flexibility index (Phi) is 4.49. The van der Waals surface area contributed by atoms with Gasteiger partial charge in [-0.15, -0.1) is 11.8 Å². The Morgan fingerprint density at radius 3 is 3.06 bits per heavy atom. The normalized spacial score (nSPS) is 30.7. The van der Waals surface area contributed by atoms with E-state index >= 15 is 0 Å². The fourth-order valence-corrected chi connectivity index (χ4v) is 3.43. The molecule has 0 aromatic carbocycles. The zero-order chi connectivity index (χ0) is 11.4. The summed E-state index contributed by atoms with van der Waals surface area (Å²) in [6.45, 7) is 1.05. The number of nitrogens with zero attached hydrogens (tertiary/aromatic N) is 1. The van der Waals surface area contributed by atoms with Crippen molar-refractivity contribution >= 4 is 17.7 Å². The van der Waals surface area contributed by atoms with E-state index in [0.29, 0.717) is 0 Å². The van der Waals surface area contributed by atoms with Crippen LogP contribution < -0.4 is 5.32 Å². The molecule has 2 heterocycles. The van der Waals surface area contributed by atoms with Crippen molar-refractivity contribution in [3.8, 4) is 0 Å². The monoisotopic (exact) mass is 244 g/mol. The second-order valence-corrected chi connectivity index (χ2v) is 5.50. The number of aliphatic hydroxyl groups is 1. The van der Waals surface area contributed by atoms with E-state index in [1.807, 2.05) is 4.90 Å². The van der Waals surface area contributed by atoms with E-state index in [2.05, 4.69) is 5.32 Å². The van der Waals surface area contributed by atoms with E-state index in [4.69, 9.17) is 5.11 Å². The third-order valence-electron chi connectivity index (χ3n) is 3.39. The molecular formula is C11H20N2O2S. The van der Waals surface area contributed by atoms with Gasteiger partial charge >= 0.3 is 0 Å². The minimum atomic E-state index is 0.00397. The number of carbonyl (C=O) groups is 1. The number of carbonyl (C=O) groups excluding carboxylic acids is 1. The molecule has 4 nitrogen and oxygen atoms in total. The number of piperidine rings is 1. The molecule has 92 valence electrons. The van der Waals surface area contributed by atoms with Gasteiger partial charge < -0.3 is 10.0 Å². The molecule has 0 aromatic heterocycles. The summed E-state index contributed by atoms with van der Waals surface area (Å²) in [5.41, 5.74) is 0. The van der Waals surface area contributed by atoms with Crippen LogP contribution in [0, 0.1) is 0 Å². The van der Waals surface area contributed by atoms with Gasteiger partial charge in [-0.25, -0.2) is 0 Å². The van der Waals surface area contributed by atoms with E-state index < -0.39 is 0 Å². The minimum Gasteiger partial charge on any atom is -0.396 e. The zero-order valence-corrected chi connectivity index (χ0v) is 10.3. The standard InChI is InChI=1S/C11H20N2O2S/c14-6-4-9-3-1-2-5-13(9)11(15)10-7-16-8-12-10/h9-10,12,14H,1-8H2. The molecule has 2 unspecified atom stereocenters. The van der Waals surface area contributed by atoms with Crippen LogP contribution in [0.5, 0.6) is 0 Å². The van der Waals surface area contributed by atoms with Gasteiger partial charge in [0.1, 0.15) is 0 Å². The highest BCUT2D eigenvalue weighted by molar-refractivity contribution is 7.99. The molecule has 2 saturated heterocycles. The molecule has 5 heteroatoms. The molecule has 2 rings (SSSR count). The average molecular weight is 244 g/mol. The SMILES string of the molecule is O=C(C1CSCN1)N1CCCCC1CCO. The first kappa shape index (κ1) is 12.2. The van der Waals surface area contributed by atoms with Crippen molar-refractivity contribution in [3.63, 3.8) is 0 Å². The van der Waals surface area contributed by atoms with E-state index in [9.17, 15) is 4.79 Å². The quantitative estimate of drug-likeness (QED) is 0.755. The third-order valence-corrected chi connectivity index (χ3v) is 4.33. The smallest absolute Gasteiger partial charge is 0.240 e. The summed E-state index contributed by atoms with van der Waals surface area (Å²) in [6.07, 6.45) is 4.06. The van der Waals surface area contributed by atoms with E-state index in [0.717, 1.165) is 37.4 Å². The number of hydrogen-bond donors (Lipinski definition) is 2. The van der Waals surface area contributed by atoms with Crippen molar-refractivity contribution in [2.75, 3.05) is 24.8 Å². The Morgan fingerprint density at radius 2 is 2.38 bits per heavy atom. The highest BCUT2D eigenvalue weighted by atomic mass is 32.2. The van der Waals surface area contributed by atoms with Crippen LogP contribution in [0.3, 0.4) is 0 Å². The van der Waals surface area contributed by atoms with Crippen molar-refractivity contribution in [3.05, 3.63) is 0 Å². The van der Waals surface area contributed by atoms with Crippen LogP contribution in [0.4, 0.5) is 0 Å². The van der Waals surface area contributed by atoms with Gasteiger partial charge in [0.15, 0.2) is 0 Å². The van der Waals surface area contributed by atoms with Crippen molar-refractivity contribution < 1.29 is 9.90 Å². The van der Waals surface area contributed by atoms with Crippen LogP contribution in [0.1, 0.15) is 25.7 Å². The molecule has 2 fully saturated rings. The number of nitrogens with one attached hydrogen (secondary N) is 1. The lowest BCUT2D eigenvalue weighted by Crippen LogP contribution is -2.51. The minimum absolute atomic E-state index is 0.00397. The van der Waals surface area contributed by atoms with Crippen molar-refractivity contribution in [2.24, 2.45) is 0 Å². The highest BCUT2D eigenvalue weighted by Gasteiger charge is 2.32. The second-order valence-electron chi connectivity index (χ2n) is 4.47. The van der Waals surface area contributed by atoms with Crippen LogP contribution in [-0.4, -0.2) is 52.8 Å². The van der Waals surface area contributed by atoms with E-state index in [-0.39, 0.29) is 24.6 Å². The summed E-state index contributed by atoms with van der Waals surface area (Å²) in [4.78, 5) is 14.2. The summed E-state index contributed by atoms with van der Waals surface area (Å²) in [5, 5.41) is 12.3. The maximum atomic E-state index is 12.3. The van der Waals surface area contributed by atoms with Crippen LogP contribution in [0.15, 0.2) is 0 Å². The van der Waals surface area contributed by atoms with Crippen LogP contribution >= 0.6 is 11.8 Å². The molecule has 2 atom stereocenters. The summed E-state index contributed by atoms with van der Waals surface area (Å²) in [5.74, 6) is 2.01. The summed E-state index contributed by atoms with van der Waals surface area (Å²) < 4.78 is 0. The third kappa shape index (κ3) is 2.70. The van der Waals surface area contributed by atoms with E-state index in [1.165, 1.54) is 6.42 Å². The maximum Gasteiger partial charge on any atom is 0.240 e. The molecule has 0 aliphatic carbocycles. The van der Waals surface area contributed by atoms with Gasteiger partial charge in [0.25, 0.3) is 0 Å². The molecular weight excluding hydrogens is 224 g/mol. The largest absolute Gasteiger partial charge is 0.396 e. The Balaban J connectivity index is 1.95. The Hall–Kier alpha value is -0.260. The predicted molar refractivity (Wildman–Crippen MR) is 65.3 cm³/mol. The molecule has 2 aliphatic heterocycles. The number of hydrogen-bond acceptors (Lipinski definition) is 4. The summed E-state index contributed by atoms with van der Waals surface area (Å²) >= 11 is 1.78. The number of thioether (sulfide) groups is 1. The van der Waals surface area contributed by atoms with Gasteiger partial charge in [0.2, 0.25) is 5.91 Å². The molecule has 0 bridgehead atoms. The molecule has 0 saturated carbocycles. The average Bonchev–Trinajstić information content (AvgIpc) is 2.83. The molecule has 1 amide bonds. The molecule has 0 radical (unpaired) electrons. The number of aliphatic hydroxyl groups excluding tert-OH is 1. The highest BCUT2D eigenvalue weighted by Crippen LogP contribution is 2.22. The summed E-state index contributed by atoms with van der Waals surface area (Å²) in [6, 6.07) is 0.267. The van der Waals surface area contributed by atoms with E-state index in [1.54, 1.807) is 11.8 Å². The van der Waals surface area contributed by atoms with Gasteiger partial charge in [-0.05, 0) is 25.7 Å². The first-order valence-corrected chi connectivity index (χ1v) is 7.21. The predicted octanol–water partition coefficient (Wildman–Crippen LogP) is 0.412. The molecule has 0 aromatic rings. The molecule has 2 aliphatic rings. The van der Waals surface area contributed by atoms with Gasteiger partial charge in [0, 0.05) is 30.8 Å². The second kappa shape index (κ2) is 5.89. The van der Waals surface area contributed by atoms with Crippen LogP contribution in [0.2, 0.25) is 0 Å². The van der Waals surface area contributed by atoms with Gasteiger partial charge in [0.05, 0.1) is 6.04 Å². The van der Waals surface area contributed by atoms with Gasteiger partial charge in [-0.2, -0.15) is 0 Å². The lowest BCUT2D eigenvalue weighted by Gasteiger charge is -2.37. The first-order valence-electron chi connectivity index (χ1n) is 6.05. The summed E-state index contributed by atoms with van der Waals surface area (Å²) in [7, 11) is 0.